The third kappa shape index (κ3) is 12.5. The molecule has 8 rings (SSSR count). The van der Waals surface area contributed by atoms with E-state index in [-0.39, 0.29) is 54.7 Å². The topological polar surface area (TPSA) is 270 Å². The molecule has 0 aromatic carbocycles. The third-order valence-electron chi connectivity index (χ3n) is 13.6. The molecule has 10 atom stereocenters. The minimum absolute atomic E-state index is 0.0229. The fourth-order valence-electron chi connectivity index (χ4n) is 8.63. The van der Waals surface area contributed by atoms with Crippen LogP contribution in [-0.4, -0.2) is 148 Å². The van der Waals surface area contributed by atoms with Crippen molar-refractivity contribution in [1.82, 2.24) is 39.0 Å². The van der Waals surface area contributed by atoms with Crippen LogP contribution in [0.4, 0.5) is 9.18 Å². The molecule has 1 aliphatic carbocycles. The lowest BCUT2D eigenvalue weighted by molar-refractivity contribution is -0.119. The predicted molar refractivity (Wildman–Crippen MR) is 267 cm³/mol. The number of Topliss-reactive ketones (excluding diaryl/α,β-unsaturated/α-hetero) is 1. The lowest BCUT2D eigenvalue weighted by atomic mass is 10.1. The summed E-state index contributed by atoms with van der Waals surface area (Å²) in [7, 11) is -9.31. The Morgan fingerprint density at radius 2 is 1.65 bits per heavy atom. The first-order chi connectivity index (χ1) is 33.8. The number of imidazole rings is 1. The highest BCUT2D eigenvalue weighted by molar-refractivity contribution is 8.07. The number of fused-ring (bicyclic) bond motifs is 4. The summed E-state index contributed by atoms with van der Waals surface area (Å²) in [6.45, 7) is 11.0. The second kappa shape index (κ2) is 21.8. The number of phosphoric acid groups is 1. The van der Waals surface area contributed by atoms with E-state index in [1.165, 1.54) is 32.7 Å². The lowest BCUT2D eigenvalue weighted by Crippen LogP contribution is -2.50. The quantitative estimate of drug-likeness (QED) is 0.0741. The first-order valence-electron chi connectivity index (χ1n) is 24.0. The number of halogens is 1. The number of hydrogen-bond donors (Lipinski definition) is 3. The van der Waals surface area contributed by atoms with Crippen molar-refractivity contribution in [2.45, 2.75) is 152 Å². The molecule has 3 saturated heterocycles. The maximum absolute atomic E-state index is 16.8. The Hall–Kier alpha value is -3.25. The van der Waals surface area contributed by atoms with Crippen molar-refractivity contribution >= 4 is 76.8 Å². The van der Waals surface area contributed by atoms with Gasteiger partial charge in [-0.25, -0.2) is 33.7 Å². The summed E-state index contributed by atoms with van der Waals surface area (Å²) < 4.78 is 88.9. The number of nitrogens with one attached hydrogen (secondary N) is 1. The number of aromatic nitrogens is 7. The van der Waals surface area contributed by atoms with Crippen LogP contribution in [0.2, 0.25) is 43.8 Å². The van der Waals surface area contributed by atoms with Gasteiger partial charge in [0, 0.05) is 26.1 Å². The van der Waals surface area contributed by atoms with Crippen molar-refractivity contribution < 1.29 is 69.8 Å². The Balaban J connectivity index is 0.995. The lowest BCUT2D eigenvalue weighted by Gasteiger charge is -2.40. The van der Waals surface area contributed by atoms with E-state index in [0.29, 0.717) is 18.7 Å². The monoisotopic (exact) mass is 1100 g/mol. The molecule has 0 spiro atoms. The van der Waals surface area contributed by atoms with Gasteiger partial charge in [-0.3, -0.25) is 32.3 Å². The van der Waals surface area contributed by atoms with Crippen molar-refractivity contribution in [1.29, 1.82) is 0 Å². The van der Waals surface area contributed by atoms with Gasteiger partial charge in [0.2, 0.25) is 0 Å². The number of ether oxygens (including phenoxy) is 4. The van der Waals surface area contributed by atoms with Crippen LogP contribution in [0, 0.1) is 0 Å². The number of aryl methyl sites for hydroxylation is 2. The normalized spacial score (nSPS) is 29.5. The van der Waals surface area contributed by atoms with E-state index < -0.39 is 105 Å². The Kier molecular flexibility index (Phi) is 16.6. The number of hydrogen-bond acceptors (Lipinski definition) is 18. The molecule has 4 aliphatic rings. The van der Waals surface area contributed by atoms with Gasteiger partial charge in [-0.1, -0.05) is 40.4 Å². The highest BCUT2D eigenvalue weighted by Crippen LogP contribution is 2.55. The van der Waals surface area contributed by atoms with Crippen LogP contribution in [0.1, 0.15) is 63.7 Å². The largest absolute Gasteiger partial charge is 0.472 e. The number of alkyl carbamates (subject to hydrolysis) is 1. The van der Waals surface area contributed by atoms with Crippen LogP contribution < -0.4 is 10.9 Å². The van der Waals surface area contributed by atoms with Crippen LogP contribution in [0.25, 0.3) is 22.2 Å². The van der Waals surface area contributed by atoms with Gasteiger partial charge in [0.25, 0.3) is 5.56 Å². The standard InChI is InChI=1S/C43H65FN8O15P2SSi2/c1-43(2,3)72(7,8)67-35-30-21-61-68(56,57)65-34-29(63-40(32(34)44)51-20-26-11-9-10-12-28-31(26)37(51)47-23-46-28)22-62-69(58,70)66-36(35)41(64-30)52-25-48-33-38(52)49-24-50(39(33)54)14-16-59-15-13-27(53)19-45-42(55)60-17-18-71(4,5)6/h20,23-25,29-30,32,34-36,40-41H,9-19,21-22H2,1-8H3,(H,45,55)(H,56,57)(H,58,70)/t29-,30-,32-,34-,35-,36-,40-,41-,69?/m1/s1. The summed E-state index contributed by atoms with van der Waals surface area (Å²) in [5, 5.41) is 2.87. The average molecular weight is 1100 g/mol. The molecule has 1 amide bonds. The van der Waals surface area contributed by atoms with E-state index in [9.17, 15) is 28.7 Å². The second-order valence-corrected chi connectivity index (χ2v) is 35.7. The maximum atomic E-state index is 16.8. The molecule has 4 aromatic rings. The number of amides is 1. The van der Waals surface area contributed by atoms with Gasteiger partial charge in [0.15, 0.2) is 43.9 Å². The second-order valence-electron chi connectivity index (χ2n) is 21.1. The molecule has 3 N–H and O–H groups in total. The van der Waals surface area contributed by atoms with Crippen LogP contribution in [-0.2, 0) is 82.0 Å². The summed E-state index contributed by atoms with van der Waals surface area (Å²) in [5.74, 6) is -0.258. The molecule has 3 aliphatic heterocycles. The van der Waals surface area contributed by atoms with Gasteiger partial charge < -0.3 is 47.6 Å². The highest BCUT2D eigenvalue weighted by Gasteiger charge is 2.56. The molecule has 23 nitrogen and oxygen atoms in total. The molecule has 7 heterocycles. The number of alkyl halides is 1. The minimum atomic E-state index is -5.15. The van der Waals surface area contributed by atoms with E-state index in [1.807, 2.05) is 33.9 Å². The summed E-state index contributed by atoms with van der Waals surface area (Å²) >= 11 is 5.63. The van der Waals surface area contributed by atoms with E-state index in [2.05, 4.69) is 44.9 Å². The van der Waals surface area contributed by atoms with E-state index >= 15 is 4.39 Å². The molecule has 2 bridgehead atoms. The molecule has 0 radical (unpaired) electrons. The molecule has 398 valence electrons. The molecular formula is C43H65FN8O15P2SSi2. The number of phosphoric ester groups is 1. The molecule has 4 aromatic heterocycles. The van der Waals surface area contributed by atoms with E-state index in [1.54, 1.807) is 6.20 Å². The average Bonchev–Trinajstić information content (AvgIpc) is 4.01. The fourth-order valence-corrected chi connectivity index (χ4v) is 13.0. The molecule has 29 heteroatoms. The Labute approximate surface area is 422 Å². The van der Waals surface area contributed by atoms with Crippen molar-refractivity contribution in [3.05, 3.63) is 46.8 Å². The summed E-state index contributed by atoms with van der Waals surface area (Å²) in [6, 6.07) is 0.812. The Morgan fingerprint density at radius 1 is 0.917 bits per heavy atom. The van der Waals surface area contributed by atoms with Gasteiger partial charge >= 0.3 is 20.6 Å². The zero-order valence-corrected chi connectivity index (χ0v) is 46.2. The van der Waals surface area contributed by atoms with Gasteiger partial charge in [-0.15, -0.1) is 0 Å². The number of carbonyl (C=O) groups excluding carboxylic acids is 2. The summed E-state index contributed by atoms with van der Waals surface area (Å²) in [6.07, 6.45) is -3.25. The van der Waals surface area contributed by atoms with Crippen LogP contribution >= 0.6 is 14.5 Å². The molecule has 72 heavy (non-hydrogen) atoms. The molecule has 2 unspecified atom stereocenters. The molecule has 3 fully saturated rings. The Bertz CT molecular complexity index is 2790. The van der Waals surface area contributed by atoms with Gasteiger partial charge in [0.05, 0.1) is 58.1 Å². The summed E-state index contributed by atoms with van der Waals surface area (Å²) in [4.78, 5) is 79.1. The smallest absolute Gasteiger partial charge is 0.450 e. The summed E-state index contributed by atoms with van der Waals surface area (Å²) in [5.41, 5.74) is 1.63. The van der Waals surface area contributed by atoms with Gasteiger partial charge in [-0.2, -0.15) is 0 Å². The fraction of sp³-hybridized carbons (Fsp3) is 0.698. The van der Waals surface area contributed by atoms with E-state index in [0.717, 1.165) is 42.0 Å². The Morgan fingerprint density at radius 3 is 2.40 bits per heavy atom. The minimum Gasteiger partial charge on any atom is -0.450 e. The van der Waals surface area contributed by atoms with Crippen molar-refractivity contribution in [3.8, 4) is 0 Å². The predicted octanol–water partition coefficient (Wildman–Crippen LogP) is 5.61. The number of nitrogens with zero attached hydrogens (tertiary/aromatic N) is 7. The maximum Gasteiger partial charge on any atom is 0.472 e. The number of ketones is 1. The van der Waals surface area contributed by atoms with E-state index in [4.69, 9.17) is 53.3 Å². The third-order valence-corrected chi connectivity index (χ3v) is 22.3. The van der Waals surface area contributed by atoms with Crippen molar-refractivity contribution in [2.75, 3.05) is 39.6 Å². The first-order valence-corrected chi connectivity index (χ1v) is 34.7. The zero-order valence-electron chi connectivity index (χ0n) is 41.6. The van der Waals surface area contributed by atoms with Gasteiger partial charge in [-0.05, 0) is 67.2 Å². The SMILES string of the molecule is CC(C)(C)[Si](C)(C)O[C@H]1[C@H]2OP(O)(=S)OC[C@H]3O[C@@H](n4cc5c6c(ncnc64)CCCC5)[C@H](F)[C@@H]3OP(=O)(O)OC[C@H]1O[C@H]2n1cnc2c(=O)n(CCOCCC(=O)CNC(=O)OCC[Si](C)(C)C)cnc21. The highest BCUT2D eigenvalue weighted by atomic mass is 32.5. The van der Waals surface area contributed by atoms with Crippen molar-refractivity contribution in [2.24, 2.45) is 0 Å². The molecular weight excluding hydrogens is 1040 g/mol. The number of rotatable bonds is 15. The number of carbonyl (C=O) groups is 2. The van der Waals surface area contributed by atoms with Gasteiger partial charge in [0.1, 0.15) is 48.8 Å². The van der Waals surface area contributed by atoms with Crippen LogP contribution in [0.3, 0.4) is 0 Å². The first kappa shape index (κ1) is 55.0. The molecule has 0 saturated carbocycles. The zero-order chi connectivity index (χ0) is 52.0. The van der Waals surface area contributed by atoms with Crippen LogP contribution in [0.5, 0.6) is 0 Å². The van der Waals surface area contributed by atoms with Crippen molar-refractivity contribution in [3.63, 3.8) is 0 Å². The van der Waals surface area contributed by atoms with Crippen LogP contribution in [0.15, 0.2) is 30.0 Å².